The van der Waals surface area contributed by atoms with Gasteiger partial charge in [-0.15, -0.1) is 0 Å². The number of aromatic nitrogens is 2. The fraction of sp³-hybridized carbons (Fsp3) is 0.231. The Kier molecular flexibility index (Phi) is 3.21. The molecule has 98 valence electrons. The lowest BCUT2D eigenvalue weighted by atomic mass is 10.0. The molecule has 0 bridgehead atoms. The van der Waals surface area contributed by atoms with Crippen LogP contribution in [0.25, 0.3) is 0 Å². The molecule has 1 aliphatic rings. The third-order valence-corrected chi connectivity index (χ3v) is 3.64. The topological polar surface area (TPSA) is 49.8 Å². The predicted molar refractivity (Wildman–Crippen MR) is 78.7 cm³/mol. The van der Waals surface area contributed by atoms with Crippen molar-refractivity contribution < 1.29 is 0 Å². The van der Waals surface area contributed by atoms with Gasteiger partial charge in [0.2, 0.25) is 5.28 Å². The zero-order chi connectivity index (χ0) is 13.4. The first kappa shape index (κ1) is 12.5. The molecule has 6 heteroatoms. The number of nitrogens with one attached hydrogen (secondary N) is 2. The van der Waals surface area contributed by atoms with E-state index in [1.807, 2.05) is 12.1 Å². The third-order valence-electron chi connectivity index (χ3n) is 3.18. The Morgan fingerprint density at radius 2 is 2.21 bits per heavy atom. The zero-order valence-electron chi connectivity index (χ0n) is 10.2. The summed E-state index contributed by atoms with van der Waals surface area (Å²) in [5, 5.41) is 7.20. The maximum absolute atomic E-state index is 6.06. The number of benzene rings is 1. The van der Waals surface area contributed by atoms with Crippen LogP contribution >= 0.6 is 23.2 Å². The van der Waals surface area contributed by atoms with E-state index in [4.69, 9.17) is 23.2 Å². The van der Waals surface area contributed by atoms with Gasteiger partial charge in [0.15, 0.2) is 5.82 Å². The van der Waals surface area contributed by atoms with E-state index in [1.165, 1.54) is 11.8 Å². The molecule has 2 N–H and O–H groups in total. The van der Waals surface area contributed by atoms with Crippen LogP contribution in [0.2, 0.25) is 10.3 Å². The minimum atomic E-state index is 0.167. The van der Waals surface area contributed by atoms with Crippen LogP contribution in [0.3, 0.4) is 0 Å². The average molecular weight is 295 g/mol. The largest absolute Gasteiger partial charge is 0.383 e. The summed E-state index contributed by atoms with van der Waals surface area (Å²) in [4.78, 5) is 7.93. The Labute approximate surface area is 121 Å². The first-order chi connectivity index (χ1) is 9.15. The second-order valence-corrected chi connectivity index (χ2v) is 5.26. The number of fused-ring (bicyclic) bond motifs is 1. The first-order valence-electron chi connectivity index (χ1n) is 5.97. The normalized spacial score (nSPS) is 16.9. The molecule has 0 aliphatic carbocycles. The van der Waals surface area contributed by atoms with Gasteiger partial charge in [0, 0.05) is 12.5 Å². The summed E-state index contributed by atoms with van der Waals surface area (Å²) in [6.45, 7) is 3.13. The molecule has 2 heterocycles. The highest BCUT2D eigenvalue weighted by molar-refractivity contribution is 6.33. The molecule has 0 spiro atoms. The molecule has 1 unspecified atom stereocenters. The molecule has 19 heavy (non-hydrogen) atoms. The van der Waals surface area contributed by atoms with Crippen molar-refractivity contribution in [1.82, 2.24) is 9.97 Å². The molecule has 1 aromatic carbocycles. The number of hydrogen-bond acceptors (Lipinski definition) is 4. The minimum Gasteiger partial charge on any atom is -0.383 e. The Bertz CT molecular complexity index is 630. The van der Waals surface area contributed by atoms with E-state index in [-0.39, 0.29) is 5.28 Å². The van der Waals surface area contributed by atoms with E-state index in [9.17, 15) is 0 Å². The van der Waals surface area contributed by atoms with Gasteiger partial charge in [0.05, 0.1) is 17.6 Å². The summed E-state index contributed by atoms with van der Waals surface area (Å²) in [7, 11) is 0. The van der Waals surface area contributed by atoms with Crippen molar-refractivity contribution in [3.05, 3.63) is 40.3 Å². The van der Waals surface area contributed by atoms with Crippen LogP contribution in [0.1, 0.15) is 18.4 Å². The van der Waals surface area contributed by atoms with Crippen molar-refractivity contribution >= 4 is 40.4 Å². The van der Waals surface area contributed by atoms with Crippen LogP contribution in [0.4, 0.5) is 17.2 Å². The number of hydrogen-bond donors (Lipinski definition) is 2. The Morgan fingerprint density at radius 3 is 3.05 bits per heavy atom. The number of anilines is 3. The lowest BCUT2D eigenvalue weighted by Gasteiger charge is -2.12. The molecule has 4 nitrogen and oxygen atoms in total. The van der Waals surface area contributed by atoms with E-state index >= 15 is 0 Å². The van der Waals surface area contributed by atoms with E-state index in [0.717, 1.165) is 17.9 Å². The summed E-state index contributed by atoms with van der Waals surface area (Å²) in [6, 6.07) is 6.12. The highest BCUT2D eigenvalue weighted by Crippen LogP contribution is 2.38. The van der Waals surface area contributed by atoms with E-state index < -0.39 is 0 Å². The quantitative estimate of drug-likeness (QED) is 0.820. The van der Waals surface area contributed by atoms with Crippen LogP contribution in [0, 0.1) is 0 Å². The smallest absolute Gasteiger partial charge is 0.224 e. The van der Waals surface area contributed by atoms with Gasteiger partial charge in [-0.2, -0.15) is 4.98 Å². The van der Waals surface area contributed by atoms with Crippen molar-refractivity contribution in [3.63, 3.8) is 0 Å². The highest BCUT2D eigenvalue weighted by Gasteiger charge is 2.21. The van der Waals surface area contributed by atoms with E-state index in [2.05, 4.69) is 33.6 Å². The van der Waals surface area contributed by atoms with Crippen LogP contribution in [-0.2, 0) is 0 Å². The highest BCUT2D eigenvalue weighted by atomic mass is 35.5. The molecule has 1 atom stereocenters. The maximum atomic E-state index is 6.06. The van der Waals surface area contributed by atoms with Gasteiger partial charge in [-0.25, -0.2) is 4.98 Å². The molecule has 0 radical (unpaired) electrons. The summed E-state index contributed by atoms with van der Waals surface area (Å²) < 4.78 is 0. The Morgan fingerprint density at radius 1 is 1.37 bits per heavy atom. The van der Waals surface area contributed by atoms with Crippen molar-refractivity contribution in [3.8, 4) is 0 Å². The summed E-state index contributed by atoms with van der Waals surface area (Å²) in [6.07, 6.45) is 1.48. The summed E-state index contributed by atoms with van der Waals surface area (Å²) in [5.41, 5.74) is 3.33. The molecule has 0 amide bonds. The Hall–Kier alpha value is -1.52. The number of rotatable bonds is 2. The zero-order valence-corrected chi connectivity index (χ0v) is 11.8. The second kappa shape index (κ2) is 4.87. The van der Waals surface area contributed by atoms with Gasteiger partial charge in [0.1, 0.15) is 5.02 Å². The average Bonchev–Trinajstić information content (AvgIpc) is 2.77. The van der Waals surface area contributed by atoms with Gasteiger partial charge in [0.25, 0.3) is 0 Å². The predicted octanol–water partition coefficient (Wildman–Crippen LogP) is 4.06. The molecular weight excluding hydrogens is 283 g/mol. The van der Waals surface area contributed by atoms with Crippen LogP contribution in [0.5, 0.6) is 0 Å². The van der Waals surface area contributed by atoms with E-state index in [1.54, 1.807) is 0 Å². The van der Waals surface area contributed by atoms with Crippen molar-refractivity contribution in [2.24, 2.45) is 0 Å². The molecule has 1 aromatic heterocycles. The van der Waals surface area contributed by atoms with E-state index in [0.29, 0.717) is 16.8 Å². The minimum absolute atomic E-state index is 0.167. The number of nitrogens with zero attached hydrogens (tertiary/aromatic N) is 2. The standard InChI is InChI=1S/C13H12Cl2N4/c1-7-5-16-11-8(7)3-2-4-10(11)18-12-9(14)6-17-13(15)19-12/h2-4,6-7,16H,5H2,1H3,(H,17,18,19). The third kappa shape index (κ3) is 2.33. The maximum Gasteiger partial charge on any atom is 0.224 e. The van der Waals surface area contributed by atoms with Crippen LogP contribution in [0.15, 0.2) is 24.4 Å². The molecule has 0 saturated carbocycles. The van der Waals surface area contributed by atoms with Gasteiger partial charge in [-0.1, -0.05) is 30.7 Å². The van der Waals surface area contributed by atoms with Crippen LogP contribution in [-0.4, -0.2) is 16.5 Å². The fourth-order valence-corrected chi connectivity index (χ4v) is 2.48. The van der Waals surface area contributed by atoms with Crippen LogP contribution < -0.4 is 10.6 Å². The van der Waals surface area contributed by atoms with Crippen molar-refractivity contribution in [1.29, 1.82) is 0 Å². The fourth-order valence-electron chi connectivity index (χ4n) is 2.21. The number of halogens is 2. The molecule has 0 saturated heterocycles. The van der Waals surface area contributed by atoms with Gasteiger partial charge < -0.3 is 10.6 Å². The van der Waals surface area contributed by atoms with Crippen molar-refractivity contribution in [2.45, 2.75) is 12.8 Å². The summed E-state index contributed by atoms with van der Waals surface area (Å²) in [5.74, 6) is 1.01. The van der Waals surface area contributed by atoms with Gasteiger partial charge in [-0.05, 0) is 23.2 Å². The first-order valence-corrected chi connectivity index (χ1v) is 6.72. The molecular formula is C13H12Cl2N4. The SMILES string of the molecule is CC1CNc2c(Nc3nc(Cl)ncc3Cl)cccc21. The number of para-hydroxylation sites is 1. The monoisotopic (exact) mass is 294 g/mol. The second-order valence-electron chi connectivity index (χ2n) is 4.51. The molecule has 2 aromatic rings. The lowest BCUT2D eigenvalue weighted by Crippen LogP contribution is -2.00. The lowest BCUT2D eigenvalue weighted by molar-refractivity contribution is 0.854. The molecule has 3 rings (SSSR count). The molecule has 0 fully saturated rings. The van der Waals surface area contributed by atoms with Crippen molar-refractivity contribution in [2.75, 3.05) is 17.2 Å². The Balaban J connectivity index is 1.98. The summed E-state index contributed by atoms with van der Waals surface area (Å²) >= 11 is 11.8. The van der Waals surface area contributed by atoms with Gasteiger partial charge >= 0.3 is 0 Å². The van der Waals surface area contributed by atoms with Gasteiger partial charge in [-0.3, -0.25) is 0 Å². The molecule has 1 aliphatic heterocycles.